The van der Waals surface area contributed by atoms with E-state index < -0.39 is 0 Å². The summed E-state index contributed by atoms with van der Waals surface area (Å²) in [4.78, 5) is 4.14. The van der Waals surface area contributed by atoms with Crippen molar-refractivity contribution >= 4 is 11.1 Å². The van der Waals surface area contributed by atoms with Crippen LogP contribution in [0, 0.1) is 0 Å². The Hall–Kier alpha value is -1.71. The molecule has 1 heterocycles. The summed E-state index contributed by atoms with van der Waals surface area (Å²) in [5.41, 5.74) is 1.03. The average Bonchev–Trinajstić information content (AvgIpc) is 2.88. The highest BCUT2D eigenvalue weighted by molar-refractivity contribution is 5.79. The molecule has 1 fully saturated rings. The number of phenols is 1. The Kier molecular flexibility index (Phi) is 2.20. The van der Waals surface area contributed by atoms with Crippen molar-refractivity contribution in [1.29, 1.82) is 0 Å². The molecule has 1 aliphatic carbocycles. The number of phenolic OH excluding ortho intramolecular Hbond substituents is 1. The van der Waals surface area contributed by atoms with Crippen LogP contribution in [0.15, 0.2) is 22.6 Å². The van der Waals surface area contributed by atoms with Crippen LogP contribution in [0.3, 0.4) is 0 Å². The lowest BCUT2D eigenvalue weighted by atomic mass is 10.3. The van der Waals surface area contributed by atoms with Crippen molar-refractivity contribution in [1.82, 2.24) is 4.98 Å². The standard InChI is InChI=1S/C12H13NO3/c14-9-6-3-7-10-11(9)13-12(16-10)15-8-4-1-2-5-8/h3,6-8,14H,1-2,4-5H2. The number of aromatic hydroxyl groups is 1. The highest BCUT2D eigenvalue weighted by atomic mass is 16.6. The lowest BCUT2D eigenvalue weighted by molar-refractivity contribution is 0.156. The van der Waals surface area contributed by atoms with Gasteiger partial charge in [-0.3, -0.25) is 0 Å². The third kappa shape index (κ3) is 1.60. The van der Waals surface area contributed by atoms with Crippen LogP contribution < -0.4 is 4.74 Å². The van der Waals surface area contributed by atoms with Crippen molar-refractivity contribution in [3.05, 3.63) is 18.2 Å². The number of hydrogen-bond acceptors (Lipinski definition) is 4. The maximum Gasteiger partial charge on any atom is 0.395 e. The zero-order valence-corrected chi connectivity index (χ0v) is 8.85. The zero-order chi connectivity index (χ0) is 11.0. The molecule has 4 heteroatoms. The van der Waals surface area contributed by atoms with E-state index in [0.717, 1.165) is 12.8 Å². The molecule has 0 amide bonds. The Morgan fingerprint density at radius 1 is 1.31 bits per heavy atom. The Morgan fingerprint density at radius 2 is 2.12 bits per heavy atom. The van der Waals surface area contributed by atoms with Gasteiger partial charge >= 0.3 is 6.08 Å². The summed E-state index contributed by atoms with van der Waals surface area (Å²) < 4.78 is 11.0. The zero-order valence-electron chi connectivity index (χ0n) is 8.85. The van der Waals surface area contributed by atoms with Gasteiger partial charge in [-0.2, -0.15) is 4.98 Å². The number of para-hydroxylation sites is 1. The largest absolute Gasteiger partial charge is 0.506 e. The summed E-state index contributed by atoms with van der Waals surface area (Å²) >= 11 is 0. The van der Waals surface area contributed by atoms with Crippen molar-refractivity contribution in [3.8, 4) is 11.8 Å². The van der Waals surface area contributed by atoms with E-state index in [0.29, 0.717) is 11.1 Å². The van der Waals surface area contributed by atoms with Gasteiger partial charge in [-0.1, -0.05) is 6.07 Å². The van der Waals surface area contributed by atoms with Crippen LogP contribution in [-0.4, -0.2) is 16.2 Å². The fourth-order valence-electron chi connectivity index (χ4n) is 2.11. The van der Waals surface area contributed by atoms with Crippen molar-refractivity contribution in [3.63, 3.8) is 0 Å². The average molecular weight is 219 g/mol. The maximum absolute atomic E-state index is 9.57. The monoisotopic (exact) mass is 219 g/mol. The second-order valence-electron chi connectivity index (χ2n) is 4.13. The van der Waals surface area contributed by atoms with Crippen LogP contribution in [-0.2, 0) is 0 Å². The van der Waals surface area contributed by atoms with E-state index in [1.165, 1.54) is 12.8 Å². The van der Waals surface area contributed by atoms with E-state index >= 15 is 0 Å². The van der Waals surface area contributed by atoms with Gasteiger partial charge in [0.1, 0.15) is 11.9 Å². The predicted molar refractivity (Wildman–Crippen MR) is 58.6 cm³/mol. The van der Waals surface area contributed by atoms with Crippen molar-refractivity contribution in [2.75, 3.05) is 0 Å². The molecule has 84 valence electrons. The molecule has 1 aromatic carbocycles. The first-order valence-electron chi connectivity index (χ1n) is 5.58. The first-order chi connectivity index (χ1) is 7.83. The molecule has 0 atom stereocenters. The van der Waals surface area contributed by atoms with Gasteiger partial charge in [0.25, 0.3) is 0 Å². The molecule has 16 heavy (non-hydrogen) atoms. The highest BCUT2D eigenvalue weighted by Crippen LogP contribution is 2.30. The molecule has 0 aliphatic heterocycles. The molecule has 1 aromatic heterocycles. The van der Waals surface area contributed by atoms with E-state index in [4.69, 9.17) is 9.15 Å². The number of rotatable bonds is 2. The lowest BCUT2D eigenvalue weighted by Crippen LogP contribution is -2.10. The van der Waals surface area contributed by atoms with Crippen LogP contribution >= 0.6 is 0 Å². The Morgan fingerprint density at radius 3 is 2.88 bits per heavy atom. The normalized spacial score (nSPS) is 17.0. The van der Waals surface area contributed by atoms with E-state index in [9.17, 15) is 5.11 Å². The highest BCUT2D eigenvalue weighted by Gasteiger charge is 2.19. The van der Waals surface area contributed by atoms with Gasteiger partial charge in [-0.15, -0.1) is 0 Å². The van der Waals surface area contributed by atoms with Crippen molar-refractivity contribution in [2.45, 2.75) is 31.8 Å². The molecule has 2 aromatic rings. The van der Waals surface area contributed by atoms with Crippen molar-refractivity contribution < 1.29 is 14.3 Å². The second kappa shape index (κ2) is 3.70. The number of oxazole rings is 1. The van der Waals surface area contributed by atoms with Gasteiger partial charge in [-0.05, 0) is 37.8 Å². The third-order valence-electron chi connectivity index (χ3n) is 2.95. The fourth-order valence-corrected chi connectivity index (χ4v) is 2.11. The lowest BCUT2D eigenvalue weighted by Gasteiger charge is -2.07. The topological polar surface area (TPSA) is 55.5 Å². The summed E-state index contributed by atoms with van der Waals surface area (Å²) in [5, 5.41) is 9.57. The molecule has 1 N–H and O–H groups in total. The van der Waals surface area contributed by atoms with E-state index in [2.05, 4.69) is 4.98 Å². The van der Waals surface area contributed by atoms with Gasteiger partial charge in [-0.25, -0.2) is 0 Å². The van der Waals surface area contributed by atoms with E-state index in [1.807, 2.05) is 0 Å². The Bertz CT molecular complexity index is 500. The van der Waals surface area contributed by atoms with Crippen molar-refractivity contribution in [2.24, 2.45) is 0 Å². The van der Waals surface area contributed by atoms with Crippen LogP contribution in [0.5, 0.6) is 11.8 Å². The molecule has 0 saturated heterocycles. The number of ether oxygens (including phenoxy) is 1. The summed E-state index contributed by atoms with van der Waals surface area (Å²) in [6.45, 7) is 0. The minimum absolute atomic E-state index is 0.127. The van der Waals surface area contributed by atoms with Crippen LogP contribution in [0.4, 0.5) is 0 Å². The number of fused-ring (bicyclic) bond motifs is 1. The molecule has 1 aliphatic rings. The minimum Gasteiger partial charge on any atom is -0.506 e. The molecule has 0 radical (unpaired) electrons. The molecule has 0 spiro atoms. The van der Waals surface area contributed by atoms with Crippen LogP contribution in [0.25, 0.3) is 11.1 Å². The maximum atomic E-state index is 9.57. The predicted octanol–water partition coefficient (Wildman–Crippen LogP) is 2.85. The van der Waals surface area contributed by atoms with E-state index in [-0.39, 0.29) is 17.9 Å². The smallest absolute Gasteiger partial charge is 0.395 e. The molecular weight excluding hydrogens is 206 g/mol. The molecule has 0 bridgehead atoms. The van der Waals surface area contributed by atoms with Crippen LogP contribution in [0.1, 0.15) is 25.7 Å². The van der Waals surface area contributed by atoms with Crippen LogP contribution in [0.2, 0.25) is 0 Å². The fraction of sp³-hybridized carbons (Fsp3) is 0.417. The van der Waals surface area contributed by atoms with Gasteiger partial charge in [0, 0.05) is 0 Å². The Labute approximate surface area is 92.9 Å². The van der Waals surface area contributed by atoms with E-state index in [1.54, 1.807) is 18.2 Å². The SMILES string of the molecule is Oc1cccc2oc(OC3CCCC3)nc12. The first kappa shape index (κ1) is 9.51. The number of benzene rings is 1. The molecular formula is C12H13NO3. The summed E-state index contributed by atoms with van der Waals surface area (Å²) in [5.74, 6) is 0.127. The number of hydrogen-bond donors (Lipinski definition) is 1. The molecule has 4 nitrogen and oxygen atoms in total. The summed E-state index contributed by atoms with van der Waals surface area (Å²) in [6, 6.07) is 5.08. The van der Waals surface area contributed by atoms with Gasteiger partial charge in [0.05, 0.1) is 0 Å². The van der Waals surface area contributed by atoms with Gasteiger partial charge < -0.3 is 14.3 Å². The van der Waals surface area contributed by atoms with Gasteiger partial charge in [0.15, 0.2) is 11.1 Å². The number of aromatic nitrogens is 1. The quantitative estimate of drug-likeness (QED) is 0.843. The van der Waals surface area contributed by atoms with Gasteiger partial charge in [0.2, 0.25) is 0 Å². The Balaban J connectivity index is 1.90. The molecule has 3 rings (SSSR count). The molecule has 0 unspecified atom stereocenters. The summed E-state index contributed by atoms with van der Waals surface area (Å²) in [7, 11) is 0. The minimum atomic E-state index is 0.127. The molecule has 1 saturated carbocycles. The number of nitrogens with zero attached hydrogens (tertiary/aromatic N) is 1. The third-order valence-corrected chi connectivity index (χ3v) is 2.95. The first-order valence-corrected chi connectivity index (χ1v) is 5.58. The second-order valence-corrected chi connectivity index (χ2v) is 4.13. The summed E-state index contributed by atoms with van der Waals surface area (Å²) in [6.07, 6.45) is 5.01.